The average Bonchev–Trinajstić information content (AvgIpc) is 2.73. The number of benzene rings is 3. The highest BCUT2D eigenvalue weighted by Crippen LogP contribution is 2.60. The summed E-state index contributed by atoms with van der Waals surface area (Å²) in [4.78, 5) is 12.3. The van der Waals surface area contributed by atoms with Gasteiger partial charge in [0.25, 0.3) is 0 Å². The molecule has 0 atom stereocenters. The highest BCUT2D eigenvalue weighted by Gasteiger charge is 2.50. The summed E-state index contributed by atoms with van der Waals surface area (Å²) in [5, 5.41) is 4.20. The Morgan fingerprint density at radius 1 is 0.667 bits per heavy atom. The van der Waals surface area contributed by atoms with Gasteiger partial charge in [-0.15, -0.1) is 0 Å². The molecule has 0 radical (unpaired) electrons. The Bertz CT molecular complexity index is 863. The van der Waals surface area contributed by atoms with Crippen LogP contribution in [-0.4, -0.2) is 11.9 Å². The number of hydrogen-bond acceptors (Lipinski definition) is 1. The van der Waals surface area contributed by atoms with E-state index >= 15 is 0 Å². The summed E-state index contributed by atoms with van der Waals surface area (Å²) >= 11 is 0. The lowest BCUT2D eigenvalue weighted by Gasteiger charge is -2.38. The number of carbonyl (C=O) groups excluding carboxylic acids is 1. The Morgan fingerprint density at radius 3 is 1.30 bits per heavy atom. The predicted molar refractivity (Wildman–Crippen MR) is 133 cm³/mol. The van der Waals surface area contributed by atoms with Crippen molar-refractivity contribution in [2.45, 2.75) is 41.0 Å². The maximum Gasteiger partial charge on any atom is 0.135 e. The minimum atomic E-state index is -1.90. The molecule has 1 nitrogen and oxygen atoms in total. The van der Waals surface area contributed by atoms with Crippen LogP contribution in [0, 0.1) is 10.8 Å². The van der Waals surface area contributed by atoms with Crippen LogP contribution in [-0.2, 0) is 4.79 Å². The molecule has 0 aliphatic heterocycles. The lowest BCUT2D eigenvalue weighted by Crippen LogP contribution is -2.40. The number of Topliss-reactive ketones (excluding diaryl/α,β-unsaturated/α-hetero) is 1. The first-order valence-corrected chi connectivity index (χ1v) is 12.7. The Hall–Kier alpha value is -2.24. The van der Waals surface area contributed by atoms with E-state index in [4.69, 9.17) is 0 Å². The van der Waals surface area contributed by atoms with E-state index in [0.29, 0.717) is 0 Å². The van der Waals surface area contributed by atoms with Crippen molar-refractivity contribution in [3.63, 3.8) is 0 Å². The summed E-state index contributed by atoms with van der Waals surface area (Å²) in [5.41, 5.74) is -0.340. The highest BCUT2D eigenvalue weighted by molar-refractivity contribution is 7.95. The molecule has 0 aromatic heterocycles. The van der Waals surface area contributed by atoms with E-state index in [-0.39, 0.29) is 16.6 Å². The van der Waals surface area contributed by atoms with E-state index in [0.717, 1.165) is 12.6 Å². The molecule has 0 unspecified atom stereocenters. The molecule has 3 aromatic rings. The predicted octanol–water partition coefficient (Wildman–Crippen LogP) is 6.01. The third-order valence-electron chi connectivity index (χ3n) is 6.13. The highest BCUT2D eigenvalue weighted by atomic mass is 31.2. The van der Waals surface area contributed by atoms with Crippen LogP contribution in [0.2, 0.25) is 0 Å². The molecule has 0 spiro atoms. The molecule has 3 rings (SSSR count). The van der Waals surface area contributed by atoms with Crippen molar-refractivity contribution in [3.8, 4) is 0 Å². The van der Waals surface area contributed by atoms with Gasteiger partial charge in [-0.1, -0.05) is 82.3 Å². The molecule has 3 aromatic carbocycles. The molecule has 0 saturated carbocycles. The first-order chi connectivity index (χ1) is 14.2. The standard InChI is InChI=1S/C28H34OP/c1-23(29)28(4,5)21-27(2,3)22-30(24-15-9-6-10-16-24,25-17-11-7-12-18-25)26-19-13-8-14-20-26/h6-20H,21-22H2,1-5H3/q+1. The summed E-state index contributed by atoms with van der Waals surface area (Å²) < 4.78 is 0. The van der Waals surface area contributed by atoms with Gasteiger partial charge in [-0.3, -0.25) is 4.79 Å². The first kappa shape index (κ1) is 22.4. The lowest BCUT2D eigenvalue weighted by molar-refractivity contribution is -0.126. The molecular weight excluding hydrogens is 383 g/mol. The fraction of sp³-hybridized carbons (Fsp3) is 0.321. The molecule has 0 saturated heterocycles. The molecule has 0 aliphatic carbocycles. The van der Waals surface area contributed by atoms with Crippen molar-refractivity contribution in [2.24, 2.45) is 10.8 Å². The summed E-state index contributed by atoms with van der Waals surface area (Å²) in [6.45, 7) is 10.6. The van der Waals surface area contributed by atoms with Gasteiger partial charge in [-0.05, 0) is 49.7 Å². The van der Waals surface area contributed by atoms with Crippen molar-refractivity contribution in [3.05, 3.63) is 91.0 Å². The third kappa shape index (κ3) is 4.73. The van der Waals surface area contributed by atoms with Crippen LogP contribution in [0.3, 0.4) is 0 Å². The van der Waals surface area contributed by atoms with E-state index in [1.54, 1.807) is 6.92 Å². The van der Waals surface area contributed by atoms with Gasteiger partial charge in [0.2, 0.25) is 0 Å². The second-order valence-corrected chi connectivity index (χ2v) is 13.2. The average molecular weight is 418 g/mol. The molecule has 156 valence electrons. The summed E-state index contributed by atoms with van der Waals surface area (Å²) in [6.07, 6.45) is 1.89. The number of hydrogen-bond donors (Lipinski definition) is 0. The molecular formula is C28H34OP+. The van der Waals surface area contributed by atoms with Crippen LogP contribution in [0.15, 0.2) is 91.0 Å². The van der Waals surface area contributed by atoms with Gasteiger partial charge < -0.3 is 0 Å². The number of ketones is 1. The van der Waals surface area contributed by atoms with Crippen molar-refractivity contribution in [2.75, 3.05) is 6.16 Å². The maximum absolute atomic E-state index is 12.3. The van der Waals surface area contributed by atoms with Crippen LogP contribution >= 0.6 is 7.26 Å². The Kier molecular flexibility index (Phi) is 6.63. The van der Waals surface area contributed by atoms with E-state index < -0.39 is 7.26 Å². The van der Waals surface area contributed by atoms with Crippen LogP contribution in [0.5, 0.6) is 0 Å². The molecule has 0 fully saturated rings. The molecule has 0 amide bonds. The molecule has 2 heteroatoms. The third-order valence-corrected chi connectivity index (χ3v) is 11.0. The zero-order valence-corrected chi connectivity index (χ0v) is 19.8. The van der Waals surface area contributed by atoms with Crippen molar-refractivity contribution in [1.29, 1.82) is 0 Å². The normalized spacial score (nSPS) is 12.6. The summed E-state index contributed by atoms with van der Waals surface area (Å²) in [7, 11) is -1.90. The monoisotopic (exact) mass is 417 g/mol. The Labute approximate surface area is 182 Å². The minimum Gasteiger partial charge on any atom is -0.299 e. The van der Waals surface area contributed by atoms with Crippen molar-refractivity contribution in [1.82, 2.24) is 0 Å². The van der Waals surface area contributed by atoms with Crippen LogP contribution in [0.25, 0.3) is 0 Å². The summed E-state index contributed by atoms with van der Waals surface area (Å²) in [6, 6.07) is 33.0. The van der Waals surface area contributed by atoms with E-state index in [1.807, 2.05) is 0 Å². The fourth-order valence-electron chi connectivity index (χ4n) is 4.79. The van der Waals surface area contributed by atoms with Gasteiger partial charge in [-0.2, -0.15) is 0 Å². The lowest BCUT2D eigenvalue weighted by atomic mass is 9.74. The SMILES string of the molecule is CC(=O)C(C)(C)CC(C)(C)C[P+](c1ccccc1)(c1ccccc1)c1ccccc1. The fourth-order valence-corrected chi connectivity index (χ4v) is 9.67. The molecule has 0 aliphatic rings. The molecule has 30 heavy (non-hydrogen) atoms. The molecule has 0 heterocycles. The van der Waals surface area contributed by atoms with Gasteiger partial charge in [-0.25, -0.2) is 0 Å². The zero-order valence-electron chi connectivity index (χ0n) is 18.9. The zero-order chi connectivity index (χ0) is 21.8. The number of rotatable bonds is 8. The van der Waals surface area contributed by atoms with Gasteiger partial charge in [0.05, 0.1) is 6.16 Å². The van der Waals surface area contributed by atoms with Gasteiger partial charge >= 0.3 is 0 Å². The van der Waals surface area contributed by atoms with Crippen molar-refractivity contribution < 1.29 is 4.79 Å². The van der Waals surface area contributed by atoms with Gasteiger partial charge in [0.1, 0.15) is 29.0 Å². The van der Waals surface area contributed by atoms with E-state index in [9.17, 15) is 4.79 Å². The first-order valence-electron chi connectivity index (χ1n) is 10.7. The van der Waals surface area contributed by atoms with Crippen LogP contribution < -0.4 is 15.9 Å². The maximum atomic E-state index is 12.3. The van der Waals surface area contributed by atoms with E-state index in [1.165, 1.54) is 15.9 Å². The second-order valence-electron chi connectivity index (χ2n) is 9.76. The Morgan fingerprint density at radius 2 is 1.00 bits per heavy atom. The summed E-state index contributed by atoms with van der Waals surface area (Å²) in [5.74, 6) is 0.263. The second kappa shape index (κ2) is 8.86. The molecule has 0 N–H and O–H groups in total. The van der Waals surface area contributed by atoms with E-state index in [2.05, 4.69) is 119 Å². The smallest absolute Gasteiger partial charge is 0.135 e. The van der Waals surface area contributed by atoms with Gasteiger partial charge in [0.15, 0.2) is 0 Å². The minimum absolute atomic E-state index is 0.00945. The van der Waals surface area contributed by atoms with Crippen LogP contribution in [0.1, 0.15) is 41.0 Å². The largest absolute Gasteiger partial charge is 0.299 e. The number of carbonyl (C=O) groups is 1. The topological polar surface area (TPSA) is 17.1 Å². The van der Waals surface area contributed by atoms with Crippen LogP contribution in [0.4, 0.5) is 0 Å². The molecule has 0 bridgehead atoms. The van der Waals surface area contributed by atoms with Crippen molar-refractivity contribution >= 4 is 29.0 Å². The quantitative estimate of drug-likeness (QED) is 0.410. The van der Waals surface area contributed by atoms with Gasteiger partial charge in [0, 0.05) is 10.8 Å². The Balaban J connectivity index is 2.23.